The molecule has 1 fully saturated rings. The Morgan fingerprint density at radius 1 is 1.42 bits per heavy atom. The molecule has 1 saturated heterocycles. The van der Waals surface area contributed by atoms with Gasteiger partial charge in [0.05, 0.1) is 29.8 Å². The zero-order chi connectivity index (χ0) is 18.1. The molecule has 0 bridgehead atoms. The first kappa shape index (κ1) is 18.4. The second kappa shape index (κ2) is 6.55. The Bertz CT molecular complexity index is 632. The summed E-state index contributed by atoms with van der Waals surface area (Å²) in [6.45, 7) is 6.80. The van der Waals surface area contributed by atoms with E-state index in [9.17, 15) is 14.7 Å². The molecule has 0 aliphatic carbocycles. The summed E-state index contributed by atoms with van der Waals surface area (Å²) in [5.41, 5.74) is -0.108. The number of aryl methyl sites for hydroxylation is 1. The molecule has 1 aromatic rings. The van der Waals surface area contributed by atoms with Crippen LogP contribution in [0.3, 0.4) is 0 Å². The molecule has 1 aromatic heterocycles. The van der Waals surface area contributed by atoms with Crippen LogP contribution in [0.25, 0.3) is 0 Å². The quantitative estimate of drug-likeness (QED) is 0.855. The molecule has 2 heterocycles. The van der Waals surface area contributed by atoms with Crippen LogP contribution >= 0.6 is 0 Å². The monoisotopic (exact) mass is 336 g/mol. The van der Waals surface area contributed by atoms with Gasteiger partial charge in [-0.15, -0.1) is 0 Å². The van der Waals surface area contributed by atoms with Crippen molar-refractivity contribution in [1.29, 1.82) is 0 Å². The van der Waals surface area contributed by atoms with Gasteiger partial charge in [0.25, 0.3) is 5.91 Å². The van der Waals surface area contributed by atoms with Gasteiger partial charge in [-0.2, -0.15) is 5.10 Å². The lowest BCUT2D eigenvalue weighted by Gasteiger charge is -2.39. The minimum atomic E-state index is -1.17. The summed E-state index contributed by atoms with van der Waals surface area (Å²) in [7, 11) is 3.34. The number of hydrogen-bond acceptors (Lipinski definition) is 4. The Balaban J connectivity index is 2.23. The SMILES string of the molecule is CNC(=O)CC1(O)CCCN(C(=O)c2cn(C)nc2C(C)(C)C)C1. The van der Waals surface area contributed by atoms with E-state index in [1.165, 1.54) is 0 Å². The van der Waals surface area contributed by atoms with E-state index in [1.807, 2.05) is 20.8 Å². The Hall–Kier alpha value is -1.89. The summed E-state index contributed by atoms with van der Waals surface area (Å²) in [6.07, 6.45) is 2.93. The van der Waals surface area contributed by atoms with E-state index in [2.05, 4.69) is 10.4 Å². The minimum absolute atomic E-state index is 0.00640. The van der Waals surface area contributed by atoms with Crippen LogP contribution in [0.5, 0.6) is 0 Å². The van der Waals surface area contributed by atoms with Gasteiger partial charge < -0.3 is 15.3 Å². The zero-order valence-electron chi connectivity index (χ0n) is 15.2. The molecule has 0 spiro atoms. The highest BCUT2D eigenvalue weighted by atomic mass is 16.3. The number of carbonyl (C=O) groups excluding carboxylic acids is 2. The summed E-state index contributed by atoms with van der Waals surface area (Å²) in [5.74, 6) is -0.355. The predicted octanol–water partition coefficient (Wildman–Crippen LogP) is 0.821. The zero-order valence-corrected chi connectivity index (χ0v) is 15.2. The Morgan fingerprint density at radius 3 is 2.67 bits per heavy atom. The van der Waals surface area contributed by atoms with Crippen molar-refractivity contribution in [3.8, 4) is 0 Å². The first-order valence-electron chi connectivity index (χ1n) is 8.32. The molecule has 0 radical (unpaired) electrons. The molecule has 1 aliphatic rings. The lowest BCUT2D eigenvalue weighted by molar-refractivity contribution is -0.127. The topological polar surface area (TPSA) is 87.5 Å². The van der Waals surface area contributed by atoms with Crippen LogP contribution in [0.15, 0.2) is 6.20 Å². The van der Waals surface area contributed by atoms with Crippen molar-refractivity contribution in [2.45, 2.75) is 51.0 Å². The number of hydrogen-bond donors (Lipinski definition) is 2. The van der Waals surface area contributed by atoms with Gasteiger partial charge in [-0.25, -0.2) is 0 Å². The first-order chi connectivity index (χ1) is 11.1. The van der Waals surface area contributed by atoms with Crippen LogP contribution in [0.1, 0.15) is 56.1 Å². The first-order valence-corrected chi connectivity index (χ1v) is 8.32. The molecule has 1 unspecified atom stereocenters. The van der Waals surface area contributed by atoms with E-state index in [-0.39, 0.29) is 30.2 Å². The van der Waals surface area contributed by atoms with Crippen molar-refractivity contribution < 1.29 is 14.7 Å². The smallest absolute Gasteiger partial charge is 0.257 e. The van der Waals surface area contributed by atoms with Gasteiger partial charge in [0.1, 0.15) is 0 Å². The van der Waals surface area contributed by atoms with Crippen LogP contribution in [0.4, 0.5) is 0 Å². The third-order valence-corrected chi connectivity index (χ3v) is 4.38. The molecule has 1 aliphatic heterocycles. The van der Waals surface area contributed by atoms with Crippen molar-refractivity contribution in [2.75, 3.05) is 20.1 Å². The van der Waals surface area contributed by atoms with Gasteiger partial charge in [-0.1, -0.05) is 20.8 Å². The molecule has 7 heteroatoms. The lowest BCUT2D eigenvalue weighted by atomic mass is 9.87. The maximum absolute atomic E-state index is 13.0. The molecule has 134 valence electrons. The van der Waals surface area contributed by atoms with Crippen LogP contribution in [0, 0.1) is 0 Å². The summed E-state index contributed by atoms with van der Waals surface area (Å²) in [5, 5.41) is 17.7. The second-order valence-electron chi connectivity index (χ2n) is 7.72. The summed E-state index contributed by atoms with van der Waals surface area (Å²) in [6, 6.07) is 0. The highest BCUT2D eigenvalue weighted by Crippen LogP contribution is 2.29. The fourth-order valence-corrected chi connectivity index (χ4v) is 3.19. The largest absolute Gasteiger partial charge is 0.388 e. The third kappa shape index (κ3) is 3.95. The maximum atomic E-state index is 13.0. The van der Waals surface area contributed by atoms with Gasteiger partial charge in [-0.3, -0.25) is 14.3 Å². The van der Waals surface area contributed by atoms with E-state index in [0.29, 0.717) is 24.9 Å². The molecular formula is C17H28N4O3. The number of piperidine rings is 1. The Kier molecular flexibility index (Phi) is 5.03. The van der Waals surface area contributed by atoms with Crippen molar-refractivity contribution in [1.82, 2.24) is 20.0 Å². The van der Waals surface area contributed by atoms with Gasteiger partial charge >= 0.3 is 0 Å². The van der Waals surface area contributed by atoms with E-state index in [4.69, 9.17) is 0 Å². The number of carbonyl (C=O) groups is 2. The molecule has 0 aromatic carbocycles. The third-order valence-electron chi connectivity index (χ3n) is 4.38. The molecule has 7 nitrogen and oxygen atoms in total. The van der Waals surface area contributed by atoms with Crippen molar-refractivity contribution >= 4 is 11.8 Å². The average molecular weight is 336 g/mol. The van der Waals surface area contributed by atoms with E-state index < -0.39 is 5.60 Å². The van der Waals surface area contributed by atoms with Gasteiger partial charge in [0.2, 0.25) is 5.91 Å². The number of likely N-dealkylation sites (tertiary alicyclic amines) is 1. The van der Waals surface area contributed by atoms with Gasteiger partial charge in [0.15, 0.2) is 0 Å². The van der Waals surface area contributed by atoms with Crippen molar-refractivity contribution in [2.24, 2.45) is 7.05 Å². The number of nitrogens with one attached hydrogen (secondary N) is 1. The van der Waals surface area contributed by atoms with E-state index >= 15 is 0 Å². The summed E-state index contributed by atoms with van der Waals surface area (Å²) in [4.78, 5) is 26.3. The number of β-amino-alcohol motifs (C(OH)–C–C–N with tert-alkyl or cyclic N) is 1. The molecule has 0 saturated carbocycles. The normalized spacial score (nSPS) is 21.7. The van der Waals surface area contributed by atoms with Crippen LogP contribution < -0.4 is 5.32 Å². The molecule has 2 amide bonds. The van der Waals surface area contributed by atoms with Crippen LogP contribution in [0.2, 0.25) is 0 Å². The number of aromatic nitrogens is 2. The van der Waals surface area contributed by atoms with Crippen LogP contribution in [-0.4, -0.2) is 57.3 Å². The number of aliphatic hydroxyl groups is 1. The molecule has 2 N–H and O–H groups in total. The van der Waals surface area contributed by atoms with Crippen molar-refractivity contribution in [3.63, 3.8) is 0 Å². The van der Waals surface area contributed by atoms with E-state index in [1.54, 1.807) is 29.9 Å². The highest BCUT2D eigenvalue weighted by molar-refractivity contribution is 5.95. The second-order valence-corrected chi connectivity index (χ2v) is 7.72. The average Bonchev–Trinajstić information content (AvgIpc) is 2.88. The molecular weight excluding hydrogens is 308 g/mol. The molecule has 1 atom stereocenters. The summed E-state index contributed by atoms with van der Waals surface area (Å²) < 4.78 is 1.65. The number of nitrogens with zero attached hydrogens (tertiary/aromatic N) is 3. The summed E-state index contributed by atoms with van der Waals surface area (Å²) >= 11 is 0. The maximum Gasteiger partial charge on any atom is 0.257 e. The van der Waals surface area contributed by atoms with Crippen LogP contribution in [-0.2, 0) is 17.3 Å². The van der Waals surface area contributed by atoms with Crippen molar-refractivity contribution in [3.05, 3.63) is 17.5 Å². The van der Waals surface area contributed by atoms with Gasteiger partial charge in [0, 0.05) is 32.3 Å². The Morgan fingerprint density at radius 2 is 2.08 bits per heavy atom. The minimum Gasteiger partial charge on any atom is -0.388 e. The highest BCUT2D eigenvalue weighted by Gasteiger charge is 2.38. The fraction of sp³-hybridized carbons (Fsp3) is 0.706. The molecule has 2 rings (SSSR count). The predicted molar refractivity (Wildman–Crippen MR) is 90.7 cm³/mol. The van der Waals surface area contributed by atoms with E-state index in [0.717, 1.165) is 5.69 Å². The lowest BCUT2D eigenvalue weighted by Crippen LogP contribution is -2.52. The standard InChI is InChI=1S/C17H28N4O3/c1-16(2,3)14-12(10-20(5)19-14)15(23)21-8-6-7-17(24,11-21)9-13(22)18-4/h10,24H,6-9,11H2,1-5H3,(H,18,22). The fourth-order valence-electron chi connectivity index (χ4n) is 3.19. The van der Waals surface area contributed by atoms with Gasteiger partial charge in [-0.05, 0) is 12.8 Å². The number of rotatable bonds is 3. The Labute approximate surface area is 143 Å². The molecule has 24 heavy (non-hydrogen) atoms. The number of amides is 2.